The van der Waals surface area contributed by atoms with Crippen molar-refractivity contribution in [1.82, 2.24) is 4.57 Å². The zero-order valence-corrected chi connectivity index (χ0v) is 21.0. The van der Waals surface area contributed by atoms with Gasteiger partial charge in [-0.3, -0.25) is 9.52 Å². The minimum atomic E-state index is -3.66. The second-order valence-corrected chi connectivity index (χ2v) is 12.3. The number of nitrogens with one attached hydrogen (secondary N) is 1. The van der Waals surface area contributed by atoms with E-state index in [1.165, 1.54) is 6.07 Å². The van der Waals surface area contributed by atoms with E-state index in [1.54, 1.807) is 45.0 Å². The Morgan fingerprint density at radius 3 is 2.28 bits per heavy atom. The van der Waals surface area contributed by atoms with Crippen molar-refractivity contribution >= 4 is 32.5 Å². The molecule has 36 heavy (non-hydrogen) atoms. The minimum Gasteiger partial charge on any atom is -0.432 e. The lowest BCUT2D eigenvalue weighted by Crippen LogP contribution is -2.33. The molecule has 3 N–H and O–H groups in total. The molecule has 1 amide bonds. The maximum Gasteiger partial charge on any atom is 0.387 e. The molecule has 11 heteroatoms. The molecular formula is C25H28F3N3O4S. The van der Waals surface area contributed by atoms with Crippen LogP contribution in [0.25, 0.3) is 22.2 Å². The van der Waals surface area contributed by atoms with E-state index >= 15 is 0 Å². The van der Waals surface area contributed by atoms with E-state index in [0.717, 1.165) is 31.7 Å². The maximum absolute atomic E-state index is 14.7. The van der Waals surface area contributed by atoms with Crippen LogP contribution in [0.5, 0.6) is 5.75 Å². The molecule has 7 nitrogen and oxygen atoms in total. The zero-order chi connectivity index (χ0) is 26.4. The second kappa shape index (κ2) is 9.34. The summed E-state index contributed by atoms with van der Waals surface area (Å²) in [5.41, 5.74) is 7.46. The molecule has 1 fully saturated rings. The Kier molecular flexibility index (Phi) is 6.72. The van der Waals surface area contributed by atoms with Gasteiger partial charge in [-0.05, 0) is 57.4 Å². The molecule has 0 radical (unpaired) electrons. The third kappa shape index (κ3) is 4.76. The normalized spacial score (nSPS) is 15.1. The Morgan fingerprint density at radius 1 is 1.14 bits per heavy atom. The average Bonchev–Trinajstić information content (AvgIpc) is 3.39. The molecule has 1 aliphatic carbocycles. The Hall–Kier alpha value is -3.21. The first kappa shape index (κ1) is 25.9. The van der Waals surface area contributed by atoms with Gasteiger partial charge in [0.1, 0.15) is 0 Å². The fourth-order valence-corrected chi connectivity index (χ4v) is 5.33. The Balaban J connectivity index is 1.92. The molecule has 1 saturated carbocycles. The van der Waals surface area contributed by atoms with E-state index in [2.05, 4.69) is 9.46 Å². The number of primary amides is 1. The van der Waals surface area contributed by atoms with Crippen LogP contribution in [-0.4, -0.2) is 30.3 Å². The van der Waals surface area contributed by atoms with Gasteiger partial charge in [-0.25, -0.2) is 12.8 Å². The number of amides is 1. The number of halogens is 3. The summed E-state index contributed by atoms with van der Waals surface area (Å²) in [6.45, 7) is 1.52. The molecule has 0 saturated heterocycles. The first-order valence-corrected chi connectivity index (χ1v) is 13.0. The fourth-order valence-electron chi connectivity index (χ4n) is 4.58. The summed E-state index contributed by atoms with van der Waals surface area (Å²) >= 11 is 0. The quantitative estimate of drug-likeness (QED) is 0.408. The third-order valence-electron chi connectivity index (χ3n) is 6.43. The van der Waals surface area contributed by atoms with Crippen LogP contribution < -0.4 is 15.2 Å². The highest BCUT2D eigenvalue weighted by Gasteiger charge is 2.31. The molecule has 0 spiro atoms. The van der Waals surface area contributed by atoms with Crippen LogP contribution in [-0.2, 0) is 10.0 Å². The lowest BCUT2D eigenvalue weighted by Gasteiger charge is -2.21. The van der Waals surface area contributed by atoms with Crippen LogP contribution in [0.4, 0.5) is 18.9 Å². The van der Waals surface area contributed by atoms with Gasteiger partial charge in [0, 0.05) is 23.2 Å². The van der Waals surface area contributed by atoms with E-state index in [-0.39, 0.29) is 17.0 Å². The molecule has 0 bridgehead atoms. The highest BCUT2D eigenvalue weighted by Crippen LogP contribution is 2.43. The summed E-state index contributed by atoms with van der Waals surface area (Å²) in [5, 5.41) is 0.195. The smallest absolute Gasteiger partial charge is 0.387 e. The van der Waals surface area contributed by atoms with Crippen LogP contribution in [0, 0.1) is 5.82 Å². The number of carbonyl (C=O) groups is 1. The number of ether oxygens (including phenoxy) is 1. The molecule has 1 aromatic heterocycles. The lowest BCUT2D eigenvalue weighted by molar-refractivity contribution is -0.0521. The van der Waals surface area contributed by atoms with Crippen molar-refractivity contribution in [1.29, 1.82) is 0 Å². The van der Waals surface area contributed by atoms with E-state index in [9.17, 15) is 26.4 Å². The van der Waals surface area contributed by atoms with Gasteiger partial charge < -0.3 is 15.0 Å². The first-order chi connectivity index (χ1) is 16.8. The van der Waals surface area contributed by atoms with E-state index in [1.807, 2.05) is 4.57 Å². The van der Waals surface area contributed by atoms with Crippen LogP contribution in [0.2, 0.25) is 0 Å². The van der Waals surface area contributed by atoms with Crippen LogP contribution in [0.15, 0.2) is 36.4 Å². The zero-order valence-electron chi connectivity index (χ0n) is 20.1. The molecule has 2 aromatic carbocycles. The highest BCUT2D eigenvalue weighted by molar-refractivity contribution is 7.94. The van der Waals surface area contributed by atoms with E-state index in [4.69, 9.17) is 5.73 Å². The van der Waals surface area contributed by atoms with Gasteiger partial charge in [0.2, 0.25) is 10.0 Å². The monoisotopic (exact) mass is 523 g/mol. The minimum absolute atomic E-state index is 0.0578. The average molecular weight is 524 g/mol. The van der Waals surface area contributed by atoms with Gasteiger partial charge in [-0.15, -0.1) is 0 Å². The van der Waals surface area contributed by atoms with Crippen LogP contribution in [0.1, 0.15) is 62.9 Å². The number of aromatic nitrogens is 1. The largest absolute Gasteiger partial charge is 0.432 e. The number of carbonyl (C=O) groups excluding carboxylic acids is 1. The number of sulfonamides is 1. The predicted octanol–water partition coefficient (Wildman–Crippen LogP) is 5.80. The van der Waals surface area contributed by atoms with Crippen molar-refractivity contribution in [2.75, 3.05) is 4.72 Å². The van der Waals surface area contributed by atoms with Crippen molar-refractivity contribution in [2.45, 2.75) is 63.9 Å². The van der Waals surface area contributed by atoms with Crippen molar-refractivity contribution in [3.8, 4) is 17.0 Å². The van der Waals surface area contributed by atoms with Crippen LogP contribution >= 0.6 is 0 Å². The number of rotatable bonds is 7. The molecule has 1 heterocycles. The number of fused-ring (bicyclic) bond motifs is 1. The van der Waals surface area contributed by atoms with E-state index in [0.29, 0.717) is 22.5 Å². The number of hydrogen-bond acceptors (Lipinski definition) is 4. The first-order valence-electron chi connectivity index (χ1n) is 11.5. The summed E-state index contributed by atoms with van der Waals surface area (Å²) in [6, 6.07) is 8.50. The molecule has 4 rings (SSSR count). The second-order valence-electron chi connectivity index (χ2n) is 9.87. The summed E-state index contributed by atoms with van der Waals surface area (Å²) < 4.78 is 73.2. The molecule has 0 unspecified atom stereocenters. The fraction of sp³-hybridized carbons (Fsp3) is 0.400. The molecule has 3 aromatic rings. The number of nitrogens with two attached hydrogens (primary N) is 1. The third-order valence-corrected chi connectivity index (χ3v) is 8.54. The maximum atomic E-state index is 14.7. The van der Waals surface area contributed by atoms with Crippen molar-refractivity contribution in [3.63, 3.8) is 0 Å². The number of nitrogens with zero attached hydrogens (tertiary/aromatic N) is 1. The topological polar surface area (TPSA) is 103 Å². The highest BCUT2D eigenvalue weighted by atomic mass is 32.2. The Labute approximate surface area is 207 Å². The standard InChI is InChI=1S/C25H28F3N3O4S/c1-25(2,3)36(33,34)30-15-10-8-14(9-11-15)22-21(23(29)32)17-12-18(26)20(35-24(27)28)13-19(17)31(22)16-6-4-5-7-16/h8-13,16,24,30H,4-7H2,1-3H3,(H2,29,32). The van der Waals surface area contributed by atoms with Crippen LogP contribution in [0.3, 0.4) is 0 Å². The predicted molar refractivity (Wildman–Crippen MR) is 132 cm³/mol. The number of alkyl halides is 2. The summed E-state index contributed by atoms with van der Waals surface area (Å²) in [7, 11) is -3.66. The number of benzene rings is 2. The van der Waals surface area contributed by atoms with Crippen molar-refractivity contribution in [2.24, 2.45) is 5.73 Å². The number of hydrogen-bond donors (Lipinski definition) is 2. The van der Waals surface area contributed by atoms with Gasteiger partial charge in [0.05, 0.1) is 21.5 Å². The summed E-state index contributed by atoms with van der Waals surface area (Å²) in [6.07, 6.45) is 3.43. The van der Waals surface area contributed by atoms with Gasteiger partial charge in [-0.2, -0.15) is 8.78 Å². The van der Waals surface area contributed by atoms with Crippen molar-refractivity contribution in [3.05, 3.63) is 47.8 Å². The van der Waals surface area contributed by atoms with Crippen molar-refractivity contribution < 1.29 is 31.1 Å². The summed E-state index contributed by atoms with van der Waals surface area (Å²) in [4.78, 5) is 12.6. The molecule has 0 aliphatic heterocycles. The number of anilines is 1. The Bertz CT molecular complexity index is 1410. The van der Waals surface area contributed by atoms with Gasteiger partial charge in [-0.1, -0.05) is 25.0 Å². The molecular weight excluding hydrogens is 495 g/mol. The summed E-state index contributed by atoms with van der Waals surface area (Å²) in [5.74, 6) is -2.46. The SMILES string of the molecule is CC(C)(C)S(=O)(=O)Nc1ccc(-c2c(C(N)=O)c3cc(F)c(OC(F)F)cc3n2C2CCCC2)cc1. The molecule has 1 aliphatic rings. The van der Waals surface area contributed by atoms with Gasteiger partial charge >= 0.3 is 6.61 Å². The molecule has 0 atom stereocenters. The van der Waals surface area contributed by atoms with Gasteiger partial charge in [0.25, 0.3) is 5.91 Å². The van der Waals surface area contributed by atoms with Gasteiger partial charge in [0.15, 0.2) is 11.6 Å². The lowest BCUT2D eigenvalue weighted by atomic mass is 10.0. The molecule has 194 valence electrons. The Morgan fingerprint density at radius 2 is 1.75 bits per heavy atom. The van der Waals surface area contributed by atoms with E-state index < -0.39 is 38.9 Å².